The number of nitrogens with zero attached hydrogens (tertiary/aromatic N) is 3. The molecule has 2 aromatic heterocycles. The first-order valence-electron chi connectivity index (χ1n) is 8.39. The van der Waals surface area contributed by atoms with Gasteiger partial charge in [0.15, 0.2) is 0 Å². The van der Waals surface area contributed by atoms with E-state index in [4.69, 9.17) is 0 Å². The van der Waals surface area contributed by atoms with E-state index in [0.29, 0.717) is 5.56 Å². The zero-order valence-corrected chi connectivity index (χ0v) is 14.0. The average Bonchev–Trinajstić information content (AvgIpc) is 2.65. The zero-order chi connectivity index (χ0) is 18.5. The highest BCUT2D eigenvalue weighted by Gasteiger charge is 2.22. The van der Waals surface area contributed by atoms with Crippen molar-refractivity contribution in [1.29, 1.82) is 0 Å². The summed E-state index contributed by atoms with van der Waals surface area (Å²) >= 11 is 0. The van der Waals surface area contributed by atoms with Crippen molar-refractivity contribution >= 4 is 12.1 Å². The van der Waals surface area contributed by atoms with Gasteiger partial charge in [-0.25, -0.2) is 10.2 Å². The van der Waals surface area contributed by atoms with Crippen molar-refractivity contribution in [2.45, 2.75) is 38.1 Å². The van der Waals surface area contributed by atoms with Crippen LogP contribution >= 0.6 is 0 Å². The second-order valence-corrected chi connectivity index (χ2v) is 6.09. The number of hydrogen-bond acceptors (Lipinski definition) is 6. The Morgan fingerprint density at radius 3 is 2.65 bits per heavy atom. The maximum atomic E-state index is 12.1. The Morgan fingerprint density at radius 2 is 1.96 bits per heavy atom. The molecule has 0 unspecified atom stereocenters. The quantitative estimate of drug-likeness (QED) is 0.553. The Morgan fingerprint density at radius 1 is 1.27 bits per heavy atom. The van der Waals surface area contributed by atoms with Crippen molar-refractivity contribution in [2.24, 2.45) is 5.10 Å². The number of carbonyl (C=O) groups excluding carboxylic acids is 1. The first-order chi connectivity index (χ1) is 12.6. The van der Waals surface area contributed by atoms with E-state index in [1.54, 1.807) is 0 Å². The van der Waals surface area contributed by atoms with Crippen molar-refractivity contribution < 1.29 is 9.90 Å². The molecule has 1 amide bonds. The number of aromatic amines is 1. The number of pyridine rings is 1. The van der Waals surface area contributed by atoms with Gasteiger partial charge >= 0.3 is 5.69 Å². The summed E-state index contributed by atoms with van der Waals surface area (Å²) in [6, 6.07) is 2.86. The summed E-state index contributed by atoms with van der Waals surface area (Å²) in [5.74, 6) is -0.923. The molecule has 136 valence electrons. The van der Waals surface area contributed by atoms with E-state index >= 15 is 0 Å². The lowest BCUT2D eigenvalue weighted by molar-refractivity contribution is 0.0955. The fourth-order valence-electron chi connectivity index (χ4n) is 3.07. The molecule has 2 heterocycles. The van der Waals surface area contributed by atoms with Crippen LogP contribution in [0, 0.1) is 0 Å². The zero-order valence-electron chi connectivity index (χ0n) is 14.0. The number of amides is 1. The molecule has 1 fully saturated rings. The molecule has 1 aliphatic rings. The predicted molar refractivity (Wildman–Crippen MR) is 94.4 cm³/mol. The number of aromatic nitrogens is 3. The molecular weight excluding hydrogens is 338 g/mol. The molecule has 0 atom stereocenters. The summed E-state index contributed by atoms with van der Waals surface area (Å²) in [4.78, 5) is 42.0. The minimum absolute atomic E-state index is 0.161. The highest BCUT2D eigenvalue weighted by atomic mass is 16.3. The predicted octanol–water partition coefficient (Wildman–Crippen LogP) is 0.906. The molecule has 1 aliphatic carbocycles. The highest BCUT2D eigenvalue weighted by molar-refractivity contribution is 5.94. The summed E-state index contributed by atoms with van der Waals surface area (Å²) in [5.41, 5.74) is 1.04. The van der Waals surface area contributed by atoms with Crippen molar-refractivity contribution in [1.82, 2.24) is 20.0 Å². The second kappa shape index (κ2) is 7.77. The normalized spacial score (nSPS) is 15.2. The third-order valence-electron chi connectivity index (χ3n) is 4.40. The topological polar surface area (TPSA) is 129 Å². The third-order valence-corrected chi connectivity index (χ3v) is 4.40. The van der Waals surface area contributed by atoms with Gasteiger partial charge in [0.25, 0.3) is 11.5 Å². The summed E-state index contributed by atoms with van der Waals surface area (Å²) < 4.78 is 1.20. The molecule has 9 heteroatoms. The molecule has 26 heavy (non-hydrogen) atoms. The SMILES string of the molecule is O=C(N/N=C/c1c(O)n(C2CCCCC2)c(=O)[nH]c1=O)c1ccncc1. The molecule has 9 nitrogen and oxygen atoms in total. The van der Waals surface area contributed by atoms with Crippen molar-refractivity contribution in [3.63, 3.8) is 0 Å². The van der Waals surface area contributed by atoms with Crippen LogP contribution in [0.15, 0.2) is 39.2 Å². The molecular formula is C17H19N5O4. The summed E-state index contributed by atoms with van der Waals surface area (Å²) in [5, 5.41) is 14.1. The monoisotopic (exact) mass is 357 g/mol. The molecule has 0 spiro atoms. The lowest BCUT2D eigenvalue weighted by atomic mass is 9.95. The van der Waals surface area contributed by atoms with Crippen LogP contribution in [0.25, 0.3) is 0 Å². The Hall–Kier alpha value is -3.23. The Kier molecular flexibility index (Phi) is 5.26. The number of H-pyrrole nitrogens is 1. The van der Waals surface area contributed by atoms with Crippen LogP contribution in [-0.4, -0.2) is 31.8 Å². The summed E-state index contributed by atoms with van der Waals surface area (Å²) in [7, 11) is 0. The fraction of sp³-hybridized carbons (Fsp3) is 0.353. The number of carbonyl (C=O) groups is 1. The molecule has 0 bridgehead atoms. The van der Waals surface area contributed by atoms with E-state index in [2.05, 4.69) is 20.5 Å². The van der Waals surface area contributed by atoms with Crippen molar-refractivity contribution in [2.75, 3.05) is 0 Å². The smallest absolute Gasteiger partial charge is 0.331 e. The molecule has 0 aliphatic heterocycles. The van der Waals surface area contributed by atoms with Crippen LogP contribution < -0.4 is 16.7 Å². The highest BCUT2D eigenvalue weighted by Crippen LogP contribution is 2.29. The number of nitrogens with one attached hydrogen (secondary N) is 2. The molecule has 0 radical (unpaired) electrons. The van der Waals surface area contributed by atoms with Gasteiger partial charge in [0.05, 0.1) is 6.21 Å². The van der Waals surface area contributed by atoms with Gasteiger partial charge in [0.2, 0.25) is 5.88 Å². The minimum Gasteiger partial charge on any atom is -0.494 e. The Labute approximate surface area is 148 Å². The van der Waals surface area contributed by atoms with Gasteiger partial charge in [-0.2, -0.15) is 5.10 Å². The maximum Gasteiger partial charge on any atom is 0.331 e. The number of rotatable bonds is 4. The van der Waals surface area contributed by atoms with E-state index in [1.165, 1.54) is 29.1 Å². The Balaban J connectivity index is 1.84. The first kappa shape index (κ1) is 17.6. The van der Waals surface area contributed by atoms with Gasteiger partial charge in [-0.15, -0.1) is 0 Å². The van der Waals surface area contributed by atoms with E-state index in [0.717, 1.165) is 38.3 Å². The summed E-state index contributed by atoms with van der Waals surface area (Å²) in [6.07, 6.45) is 8.49. The molecule has 0 saturated heterocycles. The van der Waals surface area contributed by atoms with Crippen LogP contribution in [0.4, 0.5) is 0 Å². The number of hydrogen-bond donors (Lipinski definition) is 3. The van der Waals surface area contributed by atoms with Gasteiger partial charge < -0.3 is 5.11 Å². The molecule has 1 saturated carbocycles. The van der Waals surface area contributed by atoms with Gasteiger partial charge in [-0.05, 0) is 25.0 Å². The van der Waals surface area contributed by atoms with Crippen molar-refractivity contribution in [3.05, 3.63) is 56.5 Å². The van der Waals surface area contributed by atoms with E-state index < -0.39 is 23.0 Å². The first-order valence-corrected chi connectivity index (χ1v) is 8.39. The van der Waals surface area contributed by atoms with Crippen LogP contribution in [0.5, 0.6) is 5.88 Å². The van der Waals surface area contributed by atoms with Crippen LogP contribution in [0.1, 0.15) is 54.1 Å². The lowest BCUT2D eigenvalue weighted by Gasteiger charge is -2.24. The number of hydrazone groups is 1. The maximum absolute atomic E-state index is 12.1. The largest absolute Gasteiger partial charge is 0.494 e. The van der Waals surface area contributed by atoms with Crippen LogP contribution in [0.2, 0.25) is 0 Å². The molecule has 2 aromatic rings. The van der Waals surface area contributed by atoms with Gasteiger partial charge in [-0.3, -0.25) is 24.1 Å². The molecule has 3 N–H and O–H groups in total. The van der Waals surface area contributed by atoms with Crippen molar-refractivity contribution in [3.8, 4) is 5.88 Å². The van der Waals surface area contributed by atoms with E-state index in [-0.39, 0.29) is 11.6 Å². The van der Waals surface area contributed by atoms with Crippen LogP contribution in [-0.2, 0) is 0 Å². The lowest BCUT2D eigenvalue weighted by Crippen LogP contribution is -2.35. The summed E-state index contributed by atoms with van der Waals surface area (Å²) in [6.45, 7) is 0. The minimum atomic E-state index is -0.763. The average molecular weight is 357 g/mol. The fourth-order valence-corrected chi connectivity index (χ4v) is 3.07. The Bertz CT molecular complexity index is 926. The number of aromatic hydroxyl groups is 1. The van der Waals surface area contributed by atoms with Gasteiger partial charge in [-0.1, -0.05) is 19.3 Å². The standard InChI is InChI=1S/C17H19N5O4/c23-14(11-6-8-18-9-7-11)21-19-10-13-15(24)20-17(26)22(16(13)25)12-4-2-1-3-5-12/h6-10,12,25H,1-5H2,(H,21,23)(H,20,24,26)/b19-10+. The van der Waals surface area contributed by atoms with E-state index in [9.17, 15) is 19.5 Å². The van der Waals surface area contributed by atoms with Gasteiger partial charge in [0.1, 0.15) is 5.56 Å². The second-order valence-electron chi connectivity index (χ2n) is 6.09. The third kappa shape index (κ3) is 3.71. The van der Waals surface area contributed by atoms with E-state index in [1.807, 2.05) is 0 Å². The van der Waals surface area contributed by atoms with Crippen LogP contribution in [0.3, 0.4) is 0 Å². The molecule has 3 rings (SSSR count). The van der Waals surface area contributed by atoms with Gasteiger partial charge in [0, 0.05) is 24.0 Å². The molecule has 0 aromatic carbocycles.